The minimum Gasteiger partial charge on any atom is -0.387 e. The summed E-state index contributed by atoms with van der Waals surface area (Å²) in [4.78, 5) is 34.7. The number of aliphatic hydroxyl groups excluding tert-OH is 1. The summed E-state index contributed by atoms with van der Waals surface area (Å²) in [6.45, 7) is -5.54. The summed E-state index contributed by atoms with van der Waals surface area (Å²) in [7, 11) is -3.46. The molecule has 0 aliphatic carbocycles. The fourth-order valence-corrected chi connectivity index (χ4v) is 7.55. The van der Waals surface area contributed by atoms with Crippen molar-refractivity contribution in [2.24, 2.45) is 0 Å². The molecular weight excluding hydrogens is 653 g/mol. The van der Waals surface area contributed by atoms with E-state index in [1.807, 2.05) is 0 Å². The number of ether oxygens (including phenoxy) is 2. The fourth-order valence-electron chi connectivity index (χ4n) is 5.22. The maximum atomic E-state index is 15.9. The smallest absolute Gasteiger partial charge is 0.386 e. The van der Waals surface area contributed by atoms with Crippen LogP contribution in [0.2, 0.25) is 0 Å². The van der Waals surface area contributed by atoms with Crippen molar-refractivity contribution in [3.63, 3.8) is 0 Å². The Balaban J connectivity index is 1.18. The van der Waals surface area contributed by atoms with Gasteiger partial charge in [0.05, 0.1) is 25.9 Å². The molecule has 10 atom stereocenters. The van der Waals surface area contributed by atoms with Crippen molar-refractivity contribution in [2.75, 3.05) is 24.7 Å². The van der Waals surface area contributed by atoms with Crippen molar-refractivity contribution >= 4 is 61.4 Å². The van der Waals surface area contributed by atoms with Crippen LogP contribution in [0, 0.1) is 0 Å². The molecule has 0 amide bonds. The summed E-state index contributed by atoms with van der Waals surface area (Å²) in [5, 5.41) is 11.1. The molecule has 3 aliphatic rings. The summed E-state index contributed by atoms with van der Waals surface area (Å²) >= 11 is 4.04. The van der Waals surface area contributed by atoms with Gasteiger partial charge in [-0.1, -0.05) is 12.2 Å². The number of aromatic amines is 1. The third-order valence-electron chi connectivity index (χ3n) is 7.22. The first-order valence-corrected chi connectivity index (χ1v) is 16.7. The molecule has 7 heterocycles. The molecule has 0 saturated carbocycles. The van der Waals surface area contributed by atoms with Gasteiger partial charge in [-0.2, -0.15) is 4.98 Å². The lowest BCUT2D eigenvalue weighted by Gasteiger charge is -2.25. The van der Waals surface area contributed by atoms with Gasteiger partial charge in [-0.05, 0) is 0 Å². The van der Waals surface area contributed by atoms with Gasteiger partial charge in [0.2, 0.25) is 5.95 Å². The van der Waals surface area contributed by atoms with E-state index >= 15 is 4.39 Å². The number of hydrogen-bond donors (Lipinski definition) is 5. The number of nitrogens with zero attached hydrogens (tertiary/aromatic N) is 7. The second-order valence-electron chi connectivity index (χ2n) is 9.90. The number of nitrogen functional groups attached to an aromatic ring is 2. The Hall–Kier alpha value is -3.04. The van der Waals surface area contributed by atoms with Gasteiger partial charge < -0.3 is 35.1 Å². The predicted molar refractivity (Wildman–Crippen MR) is 148 cm³/mol. The van der Waals surface area contributed by atoms with Gasteiger partial charge in [0.1, 0.15) is 42.4 Å². The number of rotatable bonds is 2. The van der Waals surface area contributed by atoms with Crippen LogP contribution in [-0.4, -0.2) is 94.0 Å². The molecule has 24 heteroatoms. The molecule has 3 aliphatic heterocycles. The van der Waals surface area contributed by atoms with Crippen LogP contribution >= 0.6 is 27.3 Å². The lowest BCUT2D eigenvalue weighted by molar-refractivity contribution is -0.0564. The number of nitrogens with two attached hydrogens (primary N) is 2. The number of fused-ring (bicyclic) bond motifs is 5. The van der Waals surface area contributed by atoms with E-state index in [0.29, 0.717) is 0 Å². The quantitative estimate of drug-likeness (QED) is 0.137. The second kappa shape index (κ2) is 11.1. The van der Waals surface area contributed by atoms with Crippen molar-refractivity contribution in [2.45, 2.75) is 49.1 Å². The van der Waals surface area contributed by atoms with E-state index < -0.39 is 83.0 Å². The van der Waals surface area contributed by atoms with Crippen LogP contribution < -0.4 is 17.0 Å². The van der Waals surface area contributed by atoms with Gasteiger partial charge in [0.25, 0.3) is 5.56 Å². The summed E-state index contributed by atoms with van der Waals surface area (Å²) in [5.41, 5.74) is 11.1. The summed E-state index contributed by atoms with van der Waals surface area (Å²) in [6, 6.07) is 0. The number of thiol groups is 1. The molecule has 0 spiro atoms. The number of halogens is 1. The zero-order chi connectivity index (χ0) is 30.9. The van der Waals surface area contributed by atoms with Crippen molar-refractivity contribution in [3.8, 4) is 0 Å². The lowest BCUT2D eigenvalue weighted by Crippen LogP contribution is -2.35. The third kappa shape index (κ3) is 5.10. The van der Waals surface area contributed by atoms with Crippen LogP contribution in [0.4, 0.5) is 16.2 Å². The highest BCUT2D eigenvalue weighted by Gasteiger charge is 2.52. The number of aromatic nitrogens is 8. The number of aliphatic hydroxyl groups is 1. The van der Waals surface area contributed by atoms with Crippen molar-refractivity contribution in [1.29, 1.82) is 0 Å². The highest BCUT2D eigenvalue weighted by atomic mass is 32.7. The Labute approximate surface area is 249 Å². The van der Waals surface area contributed by atoms with E-state index in [0.717, 1.165) is 0 Å². The van der Waals surface area contributed by atoms with Crippen LogP contribution in [0.1, 0.15) is 12.5 Å². The first-order chi connectivity index (χ1) is 21.0. The van der Waals surface area contributed by atoms with E-state index in [1.54, 1.807) is 0 Å². The molecule has 3 saturated heterocycles. The topological polar surface area (TPSA) is 269 Å². The monoisotopic (exact) mass is 676 g/mol. The normalized spacial score (nSPS) is 36.6. The fraction of sp³-hybridized carbons (Fsp3) is 0.500. The van der Waals surface area contributed by atoms with Crippen LogP contribution in [-0.2, 0) is 36.7 Å². The molecule has 4 aromatic heterocycles. The zero-order valence-electron chi connectivity index (χ0n) is 21.9. The Morgan fingerprint density at radius 2 is 1.77 bits per heavy atom. The van der Waals surface area contributed by atoms with E-state index in [1.165, 1.54) is 28.1 Å². The van der Waals surface area contributed by atoms with Gasteiger partial charge in [-0.25, -0.2) is 28.9 Å². The Morgan fingerprint density at radius 3 is 2.57 bits per heavy atom. The van der Waals surface area contributed by atoms with Gasteiger partial charge in [-0.3, -0.25) is 32.5 Å². The third-order valence-corrected chi connectivity index (χ3v) is 9.70. The lowest BCUT2D eigenvalue weighted by atomic mass is 10.1. The van der Waals surface area contributed by atoms with Crippen LogP contribution in [0.25, 0.3) is 22.3 Å². The second-order valence-corrected chi connectivity index (χ2v) is 13.8. The van der Waals surface area contributed by atoms with E-state index in [4.69, 9.17) is 39.0 Å². The average Bonchev–Trinajstić information content (AvgIpc) is 3.72. The molecule has 44 heavy (non-hydrogen) atoms. The van der Waals surface area contributed by atoms with Gasteiger partial charge >= 0.3 is 15.1 Å². The minimum absolute atomic E-state index is 0.0344. The molecule has 2 bridgehead atoms. The highest BCUT2D eigenvalue weighted by molar-refractivity contribution is 8.44. The molecular formula is C20H23FN10O10P2S. The van der Waals surface area contributed by atoms with Crippen molar-refractivity contribution in [3.05, 3.63) is 29.3 Å². The minimum atomic E-state index is -4.38. The number of alkyl halides is 1. The van der Waals surface area contributed by atoms with Crippen LogP contribution in [0.15, 0.2) is 23.8 Å². The zero-order valence-corrected chi connectivity index (χ0v) is 24.7. The SMILES string of the molecule is Nc1nc2c(ncn2[C@@H]2O[C@@H]3CO[PH](=O)OC4C(F)[C@H](n5cnc6c(N)ncnc65)O[C@@H]4CO[P@@](=O)(S)OC2C3O)c(=O)[nH]1. The maximum absolute atomic E-state index is 15.9. The number of anilines is 2. The predicted octanol–water partition coefficient (Wildman–Crippen LogP) is -0.138. The molecule has 236 valence electrons. The Bertz CT molecular complexity index is 1880. The van der Waals surface area contributed by atoms with Crippen molar-refractivity contribution in [1.82, 2.24) is 39.0 Å². The van der Waals surface area contributed by atoms with Crippen LogP contribution in [0.3, 0.4) is 0 Å². The summed E-state index contributed by atoms with van der Waals surface area (Å²) in [5.74, 6) is -0.167. The van der Waals surface area contributed by atoms with E-state index in [9.17, 15) is 19.0 Å². The molecule has 5 unspecified atom stereocenters. The molecule has 4 aromatic rings. The number of nitrogens with one attached hydrogen (secondary N) is 1. The van der Waals surface area contributed by atoms with E-state index in [2.05, 4.69) is 42.2 Å². The first-order valence-electron chi connectivity index (χ1n) is 12.8. The van der Waals surface area contributed by atoms with E-state index in [-0.39, 0.29) is 34.1 Å². The van der Waals surface area contributed by atoms with Gasteiger partial charge in [0, 0.05) is 0 Å². The standard InChI is InChI=1S/C20H23FN10O10P2S/c21-8-12-7(39-18(8)30-4-26-9-14(22)24-3-25-15(9)30)2-37-43(35,44)41-13-11(32)6(1-36-42(34)40-12)38-19(13)31-5-27-10-16(31)28-20(23)29-17(10)33/h3-8,11-13,18-19,32,42H,1-2H2,(H,35,44)(H2,22,24,25)(H3,23,28,29,33)/t6-,7-,8?,11?,12?,13?,18-,19-,43-/m1/s1. The first kappa shape index (κ1) is 29.7. The molecule has 0 aromatic carbocycles. The van der Waals surface area contributed by atoms with Crippen LogP contribution in [0.5, 0.6) is 0 Å². The number of hydrogen-bond acceptors (Lipinski definition) is 17. The van der Waals surface area contributed by atoms with Gasteiger partial charge in [-0.15, -0.1) is 0 Å². The summed E-state index contributed by atoms with van der Waals surface area (Å²) < 4.78 is 78.3. The maximum Gasteiger partial charge on any atom is 0.386 e. The Kier molecular flexibility index (Phi) is 7.47. The summed E-state index contributed by atoms with van der Waals surface area (Å²) in [6.07, 6.45) is -8.23. The Morgan fingerprint density at radius 1 is 1.05 bits per heavy atom. The molecule has 0 radical (unpaired) electrons. The van der Waals surface area contributed by atoms with Gasteiger partial charge in [0.15, 0.2) is 41.3 Å². The molecule has 6 N–H and O–H groups in total. The molecule has 7 rings (SSSR count). The number of imidazole rings is 2. The largest absolute Gasteiger partial charge is 0.387 e. The highest BCUT2D eigenvalue weighted by Crippen LogP contribution is 2.57. The average molecular weight is 676 g/mol. The van der Waals surface area contributed by atoms with Crippen molar-refractivity contribution < 1.29 is 46.2 Å². The molecule has 20 nitrogen and oxygen atoms in total. The number of H-pyrrole nitrogens is 1. The molecule has 3 fully saturated rings.